The van der Waals surface area contributed by atoms with E-state index in [0.717, 1.165) is 49.6 Å². The lowest BCUT2D eigenvalue weighted by atomic mass is 10.0. The zero-order chi connectivity index (χ0) is 22.2. The van der Waals surface area contributed by atoms with Gasteiger partial charge < -0.3 is 19.9 Å². The molecule has 0 aromatic heterocycles. The summed E-state index contributed by atoms with van der Waals surface area (Å²) in [5.41, 5.74) is 1.36. The molecule has 1 heterocycles. The number of hydrogen-bond acceptors (Lipinski definition) is 6. The van der Waals surface area contributed by atoms with Crippen LogP contribution in [0, 0.1) is 5.82 Å². The Labute approximate surface area is 186 Å². The molecular formula is C23H28ClFN2O4. The van der Waals surface area contributed by atoms with E-state index in [9.17, 15) is 14.3 Å². The van der Waals surface area contributed by atoms with Crippen molar-refractivity contribution in [1.82, 2.24) is 10.2 Å². The van der Waals surface area contributed by atoms with Gasteiger partial charge in [0.15, 0.2) is 0 Å². The Bertz CT molecular complexity index is 857. The molecular weight excluding hydrogens is 423 g/mol. The number of halogens is 2. The third kappa shape index (κ3) is 7.18. The van der Waals surface area contributed by atoms with Crippen LogP contribution in [0.3, 0.4) is 0 Å². The Hall–Kier alpha value is -2.19. The summed E-state index contributed by atoms with van der Waals surface area (Å²) in [4.78, 5) is 14.2. The number of benzene rings is 2. The van der Waals surface area contributed by atoms with Crippen LogP contribution in [-0.2, 0) is 11.3 Å². The van der Waals surface area contributed by atoms with Crippen molar-refractivity contribution in [3.05, 3.63) is 64.4 Å². The number of methoxy groups -OCH3 is 1. The van der Waals surface area contributed by atoms with Gasteiger partial charge >= 0.3 is 5.97 Å². The first-order valence-corrected chi connectivity index (χ1v) is 10.7. The van der Waals surface area contributed by atoms with Crippen LogP contribution in [0.4, 0.5) is 4.39 Å². The predicted octanol–water partition coefficient (Wildman–Crippen LogP) is 3.26. The van der Waals surface area contributed by atoms with Gasteiger partial charge in [-0.05, 0) is 55.8 Å². The van der Waals surface area contributed by atoms with E-state index in [1.807, 2.05) is 24.3 Å². The minimum Gasteiger partial charge on any atom is -0.490 e. The fourth-order valence-corrected chi connectivity index (χ4v) is 3.71. The highest BCUT2D eigenvalue weighted by Gasteiger charge is 2.20. The second-order valence-electron chi connectivity index (χ2n) is 7.68. The summed E-state index contributed by atoms with van der Waals surface area (Å²) >= 11 is 5.94. The minimum atomic E-state index is -0.791. The molecule has 0 radical (unpaired) electrons. The monoisotopic (exact) mass is 450 g/mol. The van der Waals surface area contributed by atoms with E-state index in [0.29, 0.717) is 12.6 Å². The number of carbonyl (C=O) groups excluding carboxylic acids is 1. The maximum Gasteiger partial charge on any atom is 0.341 e. The normalized spacial score (nSPS) is 16.1. The average Bonchev–Trinajstić information content (AvgIpc) is 2.78. The Balaban J connectivity index is 1.39. The first-order chi connectivity index (χ1) is 14.9. The van der Waals surface area contributed by atoms with E-state index in [1.165, 1.54) is 18.7 Å². The van der Waals surface area contributed by atoms with E-state index >= 15 is 0 Å². The maximum absolute atomic E-state index is 13.5. The molecule has 1 aliphatic rings. The van der Waals surface area contributed by atoms with Crippen molar-refractivity contribution in [2.45, 2.75) is 31.5 Å². The lowest BCUT2D eigenvalue weighted by Gasteiger charge is -2.33. The van der Waals surface area contributed by atoms with Crippen LogP contribution in [0.2, 0.25) is 5.02 Å². The van der Waals surface area contributed by atoms with Gasteiger partial charge in [0.1, 0.15) is 29.8 Å². The van der Waals surface area contributed by atoms with E-state index in [4.69, 9.17) is 16.3 Å². The van der Waals surface area contributed by atoms with E-state index in [2.05, 4.69) is 15.0 Å². The van der Waals surface area contributed by atoms with Gasteiger partial charge in [-0.2, -0.15) is 0 Å². The summed E-state index contributed by atoms with van der Waals surface area (Å²) in [5.74, 6) is -1.09. The fourth-order valence-electron chi connectivity index (χ4n) is 3.59. The molecule has 2 N–H and O–H groups in total. The molecule has 0 aliphatic carbocycles. The number of likely N-dealkylation sites (tertiary alicyclic amines) is 1. The second kappa shape index (κ2) is 11.4. The maximum atomic E-state index is 13.5. The van der Waals surface area contributed by atoms with Gasteiger partial charge in [0.25, 0.3) is 0 Å². The number of rotatable bonds is 9. The molecule has 0 spiro atoms. The number of aliphatic hydroxyl groups excluding tert-OH is 1. The SMILES string of the molecule is COC(=O)c1ccc(F)cc1OC[C@@H](O)CNC1CCN(Cc2ccc(Cl)cc2)CC1. The zero-order valence-corrected chi connectivity index (χ0v) is 18.3. The van der Waals surface area contributed by atoms with Crippen LogP contribution in [0.5, 0.6) is 5.75 Å². The topological polar surface area (TPSA) is 71.0 Å². The molecule has 6 nitrogen and oxygen atoms in total. The largest absolute Gasteiger partial charge is 0.490 e. The number of carbonyl (C=O) groups is 1. The van der Waals surface area contributed by atoms with Crippen molar-refractivity contribution in [3.63, 3.8) is 0 Å². The molecule has 1 saturated heterocycles. The zero-order valence-electron chi connectivity index (χ0n) is 17.5. The average molecular weight is 451 g/mol. The molecule has 0 saturated carbocycles. The number of piperidine rings is 1. The molecule has 1 atom stereocenters. The summed E-state index contributed by atoms with van der Waals surface area (Å²) in [6.07, 6.45) is 1.18. The van der Waals surface area contributed by atoms with Crippen molar-refractivity contribution in [3.8, 4) is 5.75 Å². The van der Waals surface area contributed by atoms with Crippen LogP contribution >= 0.6 is 11.6 Å². The first-order valence-electron chi connectivity index (χ1n) is 10.3. The first kappa shape index (κ1) is 23.5. The summed E-state index contributed by atoms with van der Waals surface area (Å²) in [5, 5.41) is 14.4. The van der Waals surface area contributed by atoms with Crippen molar-refractivity contribution in [2.75, 3.05) is 33.4 Å². The number of hydrogen-bond donors (Lipinski definition) is 2. The smallest absolute Gasteiger partial charge is 0.341 e. The molecule has 0 unspecified atom stereocenters. The highest BCUT2D eigenvalue weighted by Crippen LogP contribution is 2.21. The lowest BCUT2D eigenvalue weighted by Crippen LogP contribution is -2.45. The van der Waals surface area contributed by atoms with Crippen LogP contribution < -0.4 is 10.1 Å². The van der Waals surface area contributed by atoms with E-state index in [1.54, 1.807) is 0 Å². The van der Waals surface area contributed by atoms with Crippen LogP contribution in [0.1, 0.15) is 28.8 Å². The molecule has 1 aliphatic heterocycles. The third-order valence-electron chi connectivity index (χ3n) is 5.33. The summed E-state index contributed by atoms with van der Waals surface area (Å²) < 4.78 is 23.7. The molecule has 3 rings (SSSR count). The fraction of sp³-hybridized carbons (Fsp3) is 0.435. The summed E-state index contributed by atoms with van der Waals surface area (Å²) in [7, 11) is 1.25. The molecule has 2 aromatic carbocycles. The molecule has 0 bridgehead atoms. The summed E-state index contributed by atoms with van der Waals surface area (Å²) in [6.45, 7) is 3.13. The molecule has 2 aromatic rings. The highest BCUT2D eigenvalue weighted by molar-refractivity contribution is 6.30. The third-order valence-corrected chi connectivity index (χ3v) is 5.58. The van der Waals surface area contributed by atoms with Crippen LogP contribution in [0.25, 0.3) is 0 Å². The van der Waals surface area contributed by atoms with E-state index in [-0.39, 0.29) is 17.9 Å². The second-order valence-corrected chi connectivity index (χ2v) is 8.12. The molecule has 8 heteroatoms. The molecule has 31 heavy (non-hydrogen) atoms. The standard InChI is InChI=1S/C23H28ClFN2O4/c1-30-23(29)21-7-6-18(25)12-22(21)31-15-20(28)13-26-19-8-10-27(11-9-19)14-16-2-4-17(24)5-3-16/h2-7,12,19-20,26,28H,8-11,13-15H2,1H3/t20-/m0/s1. The number of nitrogens with one attached hydrogen (secondary N) is 1. The Morgan fingerprint density at radius 3 is 2.65 bits per heavy atom. The predicted molar refractivity (Wildman–Crippen MR) is 117 cm³/mol. The Morgan fingerprint density at radius 2 is 1.97 bits per heavy atom. The minimum absolute atomic E-state index is 0.0569. The Morgan fingerprint density at radius 1 is 1.26 bits per heavy atom. The number of aliphatic hydroxyl groups is 1. The lowest BCUT2D eigenvalue weighted by molar-refractivity contribution is 0.0587. The van der Waals surface area contributed by atoms with Gasteiger partial charge in [-0.3, -0.25) is 4.90 Å². The van der Waals surface area contributed by atoms with Crippen molar-refractivity contribution >= 4 is 17.6 Å². The number of nitrogens with zero attached hydrogens (tertiary/aromatic N) is 1. The van der Waals surface area contributed by atoms with Gasteiger partial charge in [-0.15, -0.1) is 0 Å². The van der Waals surface area contributed by atoms with Crippen molar-refractivity contribution < 1.29 is 23.8 Å². The van der Waals surface area contributed by atoms with Crippen LogP contribution in [-0.4, -0.2) is 61.5 Å². The molecule has 0 amide bonds. The van der Waals surface area contributed by atoms with E-state index < -0.39 is 17.9 Å². The van der Waals surface area contributed by atoms with Crippen molar-refractivity contribution in [1.29, 1.82) is 0 Å². The van der Waals surface area contributed by atoms with Gasteiger partial charge in [0.2, 0.25) is 0 Å². The van der Waals surface area contributed by atoms with Gasteiger partial charge in [-0.25, -0.2) is 9.18 Å². The molecule has 1 fully saturated rings. The van der Waals surface area contributed by atoms with Gasteiger partial charge in [0.05, 0.1) is 7.11 Å². The highest BCUT2D eigenvalue weighted by atomic mass is 35.5. The van der Waals surface area contributed by atoms with Gasteiger partial charge in [-0.1, -0.05) is 23.7 Å². The Kier molecular flexibility index (Phi) is 8.66. The molecule has 168 valence electrons. The quantitative estimate of drug-likeness (QED) is 0.571. The van der Waals surface area contributed by atoms with Gasteiger partial charge in [0, 0.05) is 30.2 Å². The van der Waals surface area contributed by atoms with Crippen molar-refractivity contribution in [2.24, 2.45) is 0 Å². The summed E-state index contributed by atoms with van der Waals surface area (Å²) in [6, 6.07) is 11.8. The number of ether oxygens (including phenoxy) is 2. The van der Waals surface area contributed by atoms with Crippen LogP contribution in [0.15, 0.2) is 42.5 Å². The number of esters is 1.